The summed E-state index contributed by atoms with van der Waals surface area (Å²) in [5.41, 5.74) is -1.68. The first kappa shape index (κ1) is 25.9. The summed E-state index contributed by atoms with van der Waals surface area (Å²) in [5.74, 6) is -1.34. The number of hydrogen-bond acceptors (Lipinski definition) is 6. The molecule has 1 saturated carbocycles. The lowest BCUT2D eigenvalue weighted by atomic mass is 9.96. The predicted octanol–water partition coefficient (Wildman–Crippen LogP) is 6.19. The van der Waals surface area contributed by atoms with Gasteiger partial charge in [-0.1, -0.05) is 0 Å². The van der Waals surface area contributed by atoms with Crippen LogP contribution in [0.5, 0.6) is 11.5 Å². The molecule has 1 aromatic heterocycles. The summed E-state index contributed by atoms with van der Waals surface area (Å²) in [6.07, 6.45) is -1.84. The van der Waals surface area contributed by atoms with Gasteiger partial charge in [0.15, 0.2) is 11.5 Å². The second-order valence-electron chi connectivity index (χ2n) is 8.73. The van der Waals surface area contributed by atoms with Crippen molar-refractivity contribution in [1.29, 1.82) is 0 Å². The molecule has 0 amide bonds. The molecule has 0 bridgehead atoms. The number of methoxy groups -OCH3 is 1. The van der Waals surface area contributed by atoms with Gasteiger partial charge in [-0.05, 0) is 51.3 Å². The average Bonchev–Trinajstić information content (AvgIpc) is 2.77. The monoisotopic (exact) mass is 511 g/mol. The quantitative estimate of drug-likeness (QED) is 0.346. The highest BCUT2D eigenvalue weighted by Crippen LogP contribution is 2.36. The van der Waals surface area contributed by atoms with Crippen LogP contribution in [0.15, 0.2) is 24.3 Å². The minimum atomic E-state index is -5.03. The molecule has 1 fully saturated rings. The molecule has 36 heavy (non-hydrogen) atoms. The van der Waals surface area contributed by atoms with Crippen molar-refractivity contribution in [2.75, 3.05) is 19.0 Å². The van der Waals surface area contributed by atoms with Crippen molar-refractivity contribution in [1.82, 2.24) is 9.97 Å². The summed E-state index contributed by atoms with van der Waals surface area (Å²) < 4.78 is 84.9. The van der Waals surface area contributed by atoms with Crippen LogP contribution < -0.4 is 14.8 Å². The lowest BCUT2D eigenvalue weighted by Crippen LogP contribution is -2.28. The van der Waals surface area contributed by atoms with Gasteiger partial charge < -0.3 is 19.5 Å². The van der Waals surface area contributed by atoms with Crippen molar-refractivity contribution >= 4 is 16.7 Å². The number of halogens is 5. The molecule has 1 aliphatic rings. The zero-order valence-electron chi connectivity index (χ0n) is 20.0. The first-order valence-electron chi connectivity index (χ1n) is 11.5. The molecule has 0 spiro atoms. The standard InChI is InChI=1S/C25H26F5N3O3/c1-13(12-35-17-5-4-6-17)36-22-9-18-20(10-21(22)34-3)32-14(2)33-24(18)31-11-15-7-16(26)8-19(23(15)27)25(28,29)30/h7-10,13,17H,4-6,11-12H2,1-3H3,(H,31,32,33). The van der Waals surface area contributed by atoms with Crippen LogP contribution in [0, 0.1) is 18.6 Å². The third kappa shape index (κ3) is 5.77. The van der Waals surface area contributed by atoms with Crippen LogP contribution in [-0.4, -0.2) is 35.9 Å². The molecule has 6 nitrogen and oxygen atoms in total. The van der Waals surface area contributed by atoms with Crippen molar-refractivity contribution in [3.63, 3.8) is 0 Å². The van der Waals surface area contributed by atoms with Crippen molar-refractivity contribution in [2.24, 2.45) is 0 Å². The Morgan fingerprint density at radius 1 is 1.08 bits per heavy atom. The Bertz CT molecular complexity index is 1250. The Labute approximate surface area is 204 Å². The van der Waals surface area contributed by atoms with E-state index in [4.69, 9.17) is 14.2 Å². The normalized spacial score (nSPS) is 15.0. The highest BCUT2D eigenvalue weighted by Gasteiger charge is 2.35. The van der Waals surface area contributed by atoms with Crippen LogP contribution in [-0.2, 0) is 17.5 Å². The van der Waals surface area contributed by atoms with Gasteiger partial charge in [0.2, 0.25) is 0 Å². The molecule has 11 heteroatoms. The van der Waals surface area contributed by atoms with Crippen molar-refractivity contribution in [2.45, 2.75) is 58.0 Å². The van der Waals surface area contributed by atoms with Gasteiger partial charge in [-0.25, -0.2) is 18.7 Å². The Morgan fingerprint density at radius 2 is 1.83 bits per heavy atom. The number of hydrogen-bond donors (Lipinski definition) is 1. The maximum atomic E-state index is 14.5. The SMILES string of the molecule is COc1cc2nc(C)nc(NCc3cc(F)cc(C(F)(F)F)c3F)c2cc1OC(C)COC1CCC1. The van der Waals surface area contributed by atoms with Crippen molar-refractivity contribution in [3.8, 4) is 11.5 Å². The number of aromatic nitrogens is 2. The smallest absolute Gasteiger partial charge is 0.419 e. The molecule has 2 aromatic carbocycles. The molecular weight excluding hydrogens is 485 g/mol. The van der Waals surface area contributed by atoms with Gasteiger partial charge in [0.05, 0.1) is 30.9 Å². The predicted molar refractivity (Wildman–Crippen MR) is 123 cm³/mol. The number of nitrogens with zero attached hydrogens (tertiary/aromatic N) is 2. The van der Waals surface area contributed by atoms with E-state index in [-0.39, 0.29) is 24.1 Å². The van der Waals surface area contributed by atoms with Gasteiger partial charge in [0.25, 0.3) is 0 Å². The molecule has 3 aromatic rings. The van der Waals surface area contributed by atoms with Gasteiger partial charge in [-0.15, -0.1) is 0 Å². The van der Waals surface area contributed by atoms with E-state index in [0.717, 1.165) is 25.3 Å². The molecule has 1 atom stereocenters. The molecular formula is C25H26F5N3O3. The molecule has 0 radical (unpaired) electrons. The number of benzene rings is 2. The van der Waals surface area contributed by atoms with E-state index in [1.807, 2.05) is 6.92 Å². The Kier molecular flexibility index (Phi) is 7.49. The van der Waals surface area contributed by atoms with Crippen LogP contribution in [0.3, 0.4) is 0 Å². The topological polar surface area (TPSA) is 65.5 Å². The summed E-state index contributed by atoms with van der Waals surface area (Å²) in [4.78, 5) is 8.69. The fourth-order valence-electron chi connectivity index (χ4n) is 3.86. The highest BCUT2D eigenvalue weighted by molar-refractivity contribution is 5.91. The van der Waals surface area contributed by atoms with E-state index < -0.39 is 35.5 Å². The van der Waals surface area contributed by atoms with Gasteiger partial charge in [-0.3, -0.25) is 0 Å². The summed E-state index contributed by atoms with van der Waals surface area (Å²) >= 11 is 0. The molecule has 1 heterocycles. The molecule has 1 aliphatic carbocycles. The zero-order chi connectivity index (χ0) is 26.0. The molecule has 4 rings (SSSR count). The maximum Gasteiger partial charge on any atom is 0.419 e. The van der Waals surface area contributed by atoms with E-state index >= 15 is 0 Å². The highest BCUT2D eigenvalue weighted by atomic mass is 19.4. The molecule has 1 unspecified atom stereocenters. The summed E-state index contributed by atoms with van der Waals surface area (Å²) in [5, 5.41) is 3.29. The lowest BCUT2D eigenvalue weighted by molar-refractivity contribution is -0.140. The maximum absolute atomic E-state index is 14.5. The van der Waals surface area contributed by atoms with Gasteiger partial charge in [0, 0.05) is 23.6 Å². The van der Waals surface area contributed by atoms with E-state index in [1.165, 1.54) is 7.11 Å². The second-order valence-corrected chi connectivity index (χ2v) is 8.73. The number of anilines is 1. The Morgan fingerprint density at radius 3 is 2.47 bits per heavy atom. The van der Waals surface area contributed by atoms with Gasteiger partial charge in [0.1, 0.15) is 29.4 Å². The molecule has 0 aliphatic heterocycles. The Balaban J connectivity index is 1.62. The van der Waals surface area contributed by atoms with E-state index in [0.29, 0.717) is 34.8 Å². The van der Waals surface area contributed by atoms with E-state index in [1.54, 1.807) is 19.1 Å². The Hall–Kier alpha value is -3.21. The summed E-state index contributed by atoms with van der Waals surface area (Å²) in [6.45, 7) is 3.44. The summed E-state index contributed by atoms with van der Waals surface area (Å²) in [7, 11) is 1.49. The molecule has 0 saturated heterocycles. The summed E-state index contributed by atoms with van der Waals surface area (Å²) in [6, 6.07) is 4.14. The minimum Gasteiger partial charge on any atom is -0.493 e. The largest absolute Gasteiger partial charge is 0.493 e. The van der Waals surface area contributed by atoms with Crippen LogP contribution >= 0.6 is 0 Å². The average molecular weight is 511 g/mol. The molecule has 194 valence electrons. The lowest BCUT2D eigenvalue weighted by Gasteiger charge is -2.27. The zero-order valence-corrected chi connectivity index (χ0v) is 20.0. The van der Waals surface area contributed by atoms with Crippen LogP contribution in [0.1, 0.15) is 43.1 Å². The number of ether oxygens (including phenoxy) is 3. The fourth-order valence-corrected chi connectivity index (χ4v) is 3.86. The number of rotatable bonds is 9. The minimum absolute atomic E-state index is 0.134. The third-order valence-corrected chi connectivity index (χ3v) is 5.90. The van der Waals surface area contributed by atoms with Gasteiger partial charge in [-0.2, -0.15) is 13.2 Å². The van der Waals surface area contributed by atoms with E-state index in [2.05, 4.69) is 15.3 Å². The van der Waals surface area contributed by atoms with Gasteiger partial charge >= 0.3 is 6.18 Å². The van der Waals surface area contributed by atoms with Crippen LogP contribution in [0.25, 0.3) is 10.9 Å². The second kappa shape index (κ2) is 10.4. The third-order valence-electron chi connectivity index (χ3n) is 5.90. The number of fused-ring (bicyclic) bond motifs is 1. The fraction of sp³-hybridized carbons (Fsp3) is 0.440. The number of alkyl halides is 3. The molecule has 1 N–H and O–H groups in total. The van der Waals surface area contributed by atoms with Crippen molar-refractivity contribution < 1.29 is 36.2 Å². The first-order chi connectivity index (χ1) is 17.0. The van der Waals surface area contributed by atoms with E-state index in [9.17, 15) is 22.0 Å². The first-order valence-corrected chi connectivity index (χ1v) is 11.5. The number of nitrogens with one attached hydrogen (secondary N) is 1. The van der Waals surface area contributed by atoms with Crippen LogP contribution in [0.4, 0.5) is 27.8 Å². The van der Waals surface area contributed by atoms with Crippen LogP contribution in [0.2, 0.25) is 0 Å². The van der Waals surface area contributed by atoms with Crippen molar-refractivity contribution in [3.05, 3.63) is 52.9 Å². The number of aryl methyl sites for hydroxylation is 1.